The molecule has 164 valence electrons. The number of benzene rings is 4. The third kappa shape index (κ3) is 4.10. The Morgan fingerprint density at radius 3 is 2.18 bits per heavy atom. The third-order valence-electron chi connectivity index (χ3n) is 5.57. The number of halogens is 1. The molecule has 0 radical (unpaired) electrons. The number of para-hydroxylation sites is 1. The molecule has 5 rings (SSSR count). The lowest BCUT2D eigenvalue weighted by Gasteiger charge is -2.29. The summed E-state index contributed by atoms with van der Waals surface area (Å²) in [4.78, 5) is 0. The lowest BCUT2D eigenvalue weighted by atomic mass is 10.0. The molecule has 0 amide bonds. The topological polar surface area (TPSA) is 27.7 Å². The van der Waals surface area contributed by atoms with Crippen LogP contribution in [0.2, 0.25) is 0 Å². The molecule has 4 aromatic rings. The van der Waals surface area contributed by atoms with Gasteiger partial charge in [-0.3, -0.25) is 0 Å². The molecule has 0 aliphatic carbocycles. The van der Waals surface area contributed by atoms with Gasteiger partial charge in [0, 0.05) is 16.4 Å². The van der Waals surface area contributed by atoms with Crippen LogP contribution in [0.25, 0.3) is 23.3 Å². The van der Waals surface area contributed by atoms with Crippen molar-refractivity contribution >= 4 is 30.9 Å². The summed E-state index contributed by atoms with van der Waals surface area (Å²) in [6, 6.07) is 26.8. The minimum atomic E-state index is -1.16. The monoisotopic (exact) mass is 456 g/mol. The van der Waals surface area contributed by atoms with Crippen molar-refractivity contribution < 1.29 is 18.4 Å². The normalized spacial score (nSPS) is 14.3. The fraction of sp³-hybridized carbons (Fsp3) is 0.0714. The number of rotatable bonds is 5. The van der Waals surface area contributed by atoms with Gasteiger partial charge in [-0.1, -0.05) is 66.7 Å². The summed E-state index contributed by atoms with van der Waals surface area (Å²) in [5.74, 6) is 2.05. The molecular weight excluding hydrogens is 434 g/mol. The lowest BCUT2D eigenvalue weighted by molar-refractivity contribution is 0.405. The van der Waals surface area contributed by atoms with Crippen LogP contribution in [0.1, 0.15) is 11.1 Å². The van der Waals surface area contributed by atoms with Crippen LogP contribution in [-0.2, 0) is 0 Å². The molecule has 0 N–H and O–H groups in total. The van der Waals surface area contributed by atoms with Crippen molar-refractivity contribution in [1.82, 2.24) is 0 Å². The summed E-state index contributed by atoms with van der Waals surface area (Å²) in [5, 5.41) is 2.09. The minimum absolute atomic E-state index is 0.257. The highest BCUT2D eigenvalue weighted by Crippen LogP contribution is 2.50. The molecule has 0 saturated carbocycles. The maximum absolute atomic E-state index is 13.2. The predicted molar refractivity (Wildman–Crippen MR) is 134 cm³/mol. The van der Waals surface area contributed by atoms with Crippen LogP contribution in [0.15, 0.2) is 84.9 Å². The van der Waals surface area contributed by atoms with Crippen molar-refractivity contribution in [2.45, 2.75) is 0 Å². The maximum atomic E-state index is 13.2. The first-order valence-electron chi connectivity index (χ1n) is 10.5. The summed E-state index contributed by atoms with van der Waals surface area (Å²) in [7, 11) is 2.16. The molecule has 33 heavy (non-hydrogen) atoms. The van der Waals surface area contributed by atoms with E-state index in [4.69, 9.17) is 14.0 Å². The molecule has 0 spiro atoms. The Morgan fingerprint density at radius 2 is 1.42 bits per heavy atom. The van der Waals surface area contributed by atoms with E-state index in [1.54, 1.807) is 26.4 Å². The van der Waals surface area contributed by atoms with Gasteiger partial charge in [-0.05, 0) is 41.5 Å². The van der Waals surface area contributed by atoms with E-state index in [1.165, 1.54) is 17.7 Å². The van der Waals surface area contributed by atoms with Crippen molar-refractivity contribution in [1.29, 1.82) is 0 Å². The van der Waals surface area contributed by atoms with Crippen LogP contribution >= 0.6 is 8.15 Å². The number of ether oxygens (including phenoxy) is 2. The molecule has 0 aromatic heterocycles. The fourth-order valence-corrected chi connectivity index (χ4v) is 5.97. The Bertz CT molecular complexity index is 1330. The highest BCUT2D eigenvalue weighted by molar-refractivity contribution is 7.69. The predicted octanol–water partition coefficient (Wildman–Crippen LogP) is 6.42. The molecule has 5 heteroatoms. The van der Waals surface area contributed by atoms with E-state index >= 15 is 0 Å². The van der Waals surface area contributed by atoms with E-state index in [0.29, 0.717) is 5.75 Å². The molecule has 4 aromatic carbocycles. The van der Waals surface area contributed by atoms with Gasteiger partial charge in [0.15, 0.2) is 8.15 Å². The smallest absolute Gasteiger partial charge is 0.155 e. The zero-order valence-electron chi connectivity index (χ0n) is 18.3. The third-order valence-corrected chi connectivity index (χ3v) is 7.56. The summed E-state index contributed by atoms with van der Waals surface area (Å²) in [6.07, 6.45) is 3.86. The number of fused-ring (bicyclic) bond motifs is 3. The van der Waals surface area contributed by atoms with Gasteiger partial charge < -0.3 is 14.0 Å². The van der Waals surface area contributed by atoms with Gasteiger partial charge in [0.05, 0.1) is 19.5 Å². The summed E-state index contributed by atoms with van der Waals surface area (Å²) >= 11 is 0. The van der Waals surface area contributed by atoms with Crippen molar-refractivity contribution in [3.8, 4) is 28.4 Å². The average Bonchev–Trinajstić information content (AvgIpc) is 2.87. The van der Waals surface area contributed by atoms with E-state index in [9.17, 15) is 4.39 Å². The van der Waals surface area contributed by atoms with Gasteiger partial charge in [0.2, 0.25) is 0 Å². The van der Waals surface area contributed by atoms with E-state index in [1.807, 2.05) is 48.6 Å². The van der Waals surface area contributed by atoms with Crippen LogP contribution < -0.4 is 24.6 Å². The van der Waals surface area contributed by atoms with Gasteiger partial charge in [0.1, 0.15) is 23.1 Å². The molecule has 0 saturated heterocycles. The Labute approximate surface area is 193 Å². The van der Waals surface area contributed by atoms with Crippen LogP contribution in [0, 0.1) is 5.82 Å². The number of hydrogen-bond donors (Lipinski definition) is 0. The first-order valence-corrected chi connectivity index (χ1v) is 11.8. The van der Waals surface area contributed by atoms with Crippen LogP contribution in [-0.4, -0.2) is 14.2 Å². The van der Waals surface area contributed by atoms with Gasteiger partial charge in [0.25, 0.3) is 0 Å². The zero-order chi connectivity index (χ0) is 22.8. The standard InChI is InChI=1S/C28H22FO3P/c1-30-25-18-28(26(31-2)17-20(25)14-11-19-12-15-21(29)16-13-19)33-27-10-6-4-8-23(27)22-7-3-5-9-24(22)32-33/h3-18H,1-2H3. The molecule has 0 bridgehead atoms. The highest BCUT2D eigenvalue weighted by Gasteiger charge is 2.30. The zero-order valence-corrected chi connectivity index (χ0v) is 19.2. The van der Waals surface area contributed by atoms with Gasteiger partial charge in [-0.2, -0.15) is 0 Å². The maximum Gasteiger partial charge on any atom is 0.155 e. The largest absolute Gasteiger partial charge is 0.496 e. The second-order valence-corrected chi connectivity index (χ2v) is 9.28. The Morgan fingerprint density at radius 1 is 0.727 bits per heavy atom. The Hall–Kier alpha value is -3.62. The Balaban J connectivity index is 1.58. The van der Waals surface area contributed by atoms with E-state index in [2.05, 4.69) is 24.3 Å². The molecule has 1 atom stereocenters. The highest BCUT2D eigenvalue weighted by atomic mass is 31.1. The van der Waals surface area contributed by atoms with E-state index in [0.717, 1.165) is 38.8 Å². The first-order chi connectivity index (χ1) is 16.2. The van der Waals surface area contributed by atoms with Crippen LogP contribution in [0.4, 0.5) is 4.39 Å². The van der Waals surface area contributed by atoms with Crippen molar-refractivity contribution in [2.24, 2.45) is 0 Å². The molecule has 1 unspecified atom stereocenters. The SMILES string of the molecule is COc1cc(P2Oc3ccccc3-c3ccccc32)c(OC)cc1C=Cc1ccc(F)cc1. The molecular formula is C28H22FO3P. The fourth-order valence-electron chi connectivity index (χ4n) is 3.93. The van der Waals surface area contributed by atoms with E-state index in [-0.39, 0.29) is 5.82 Å². The molecule has 0 fully saturated rings. The number of hydrogen-bond acceptors (Lipinski definition) is 3. The van der Waals surface area contributed by atoms with Crippen LogP contribution in [0.3, 0.4) is 0 Å². The van der Waals surface area contributed by atoms with E-state index < -0.39 is 8.15 Å². The molecule has 1 aliphatic rings. The van der Waals surface area contributed by atoms with Gasteiger partial charge in [-0.25, -0.2) is 4.39 Å². The van der Waals surface area contributed by atoms with Crippen LogP contribution in [0.5, 0.6) is 17.2 Å². The minimum Gasteiger partial charge on any atom is -0.496 e. The van der Waals surface area contributed by atoms with Gasteiger partial charge >= 0.3 is 0 Å². The summed E-state index contributed by atoms with van der Waals surface area (Å²) < 4.78 is 31.3. The number of methoxy groups -OCH3 is 2. The van der Waals surface area contributed by atoms with Crippen molar-refractivity contribution in [3.63, 3.8) is 0 Å². The summed E-state index contributed by atoms with van der Waals surface area (Å²) in [5.41, 5.74) is 4.03. The molecule has 1 aliphatic heterocycles. The van der Waals surface area contributed by atoms with Crippen molar-refractivity contribution in [3.05, 3.63) is 102 Å². The van der Waals surface area contributed by atoms with Gasteiger partial charge in [-0.15, -0.1) is 0 Å². The lowest BCUT2D eigenvalue weighted by Crippen LogP contribution is -2.22. The van der Waals surface area contributed by atoms with Crippen molar-refractivity contribution in [2.75, 3.05) is 14.2 Å². The first kappa shape index (κ1) is 21.2. The Kier molecular flexibility index (Phi) is 5.85. The second-order valence-electron chi connectivity index (χ2n) is 7.55. The molecule has 3 nitrogen and oxygen atoms in total. The average molecular weight is 456 g/mol. The molecule has 1 heterocycles. The second kappa shape index (κ2) is 9.09. The quantitative estimate of drug-likeness (QED) is 0.256. The summed E-state index contributed by atoms with van der Waals surface area (Å²) in [6.45, 7) is 0.